The Morgan fingerprint density at radius 2 is 2.33 bits per heavy atom. The fourth-order valence-electron chi connectivity index (χ4n) is 1.77. The summed E-state index contributed by atoms with van der Waals surface area (Å²) in [5, 5.41) is 3.55. The highest BCUT2D eigenvalue weighted by Gasteiger charge is 2.22. The second kappa shape index (κ2) is 3.19. The minimum atomic E-state index is 0.638. The molecule has 0 saturated carbocycles. The Morgan fingerprint density at radius 3 is 2.83 bits per heavy atom. The van der Waals surface area contributed by atoms with Gasteiger partial charge in [-0.25, -0.2) is 0 Å². The van der Waals surface area contributed by atoms with Crippen LogP contribution in [-0.2, 0) is 0 Å². The van der Waals surface area contributed by atoms with E-state index in [4.69, 9.17) is 0 Å². The van der Waals surface area contributed by atoms with Gasteiger partial charge in [0, 0.05) is 15.8 Å². The van der Waals surface area contributed by atoms with Crippen LogP contribution in [0.3, 0.4) is 0 Å². The molecule has 0 spiro atoms. The van der Waals surface area contributed by atoms with Gasteiger partial charge in [0.2, 0.25) is 0 Å². The molecule has 12 heavy (non-hydrogen) atoms. The fraction of sp³-hybridized carbons (Fsp3) is 0.600. The molecule has 1 nitrogen and oxygen atoms in total. The summed E-state index contributed by atoms with van der Waals surface area (Å²) >= 11 is 1.92. The van der Waals surface area contributed by atoms with Gasteiger partial charge in [-0.15, -0.1) is 11.3 Å². The highest BCUT2D eigenvalue weighted by atomic mass is 32.1. The summed E-state index contributed by atoms with van der Waals surface area (Å²) in [6, 6.07) is 5.11. The first-order valence-electron chi connectivity index (χ1n) is 4.55. The van der Waals surface area contributed by atoms with Crippen LogP contribution in [0.4, 0.5) is 0 Å². The Labute approximate surface area is 77.8 Å². The highest BCUT2D eigenvalue weighted by Crippen LogP contribution is 2.31. The lowest BCUT2D eigenvalue weighted by atomic mass is 10.1. The second-order valence-electron chi connectivity index (χ2n) is 3.75. The van der Waals surface area contributed by atoms with E-state index in [0.717, 1.165) is 5.92 Å². The van der Waals surface area contributed by atoms with Crippen molar-refractivity contribution in [2.24, 2.45) is 5.92 Å². The average Bonchev–Trinajstić information content (AvgIpc) is 2.58. The quantitative estimate of drug-likeness (QED) is 0.702. The summed E-state index contributed by atoms with van der Waals surface area (Å²) in [6.45, 7) is 5.67. The largest absolute Gasteiger partial charge is 0.309 e. The molecule has 0 bridgehead atoms. The minimum Gasteiger partial charge on any atom is -0.309 e. The molecular weight excluding hydrogens is 166 g/mol. The topological polar surface area (TPSA) is 12.0 Å². The molecule has 2 heteroatoms. The third kappa shape index (κ3) is 1.54. The molecule has 2 atom stereocenters. The van der Waals surface area contributed by atoms with Crippen LogP contribution in [0.2, 0.25) is 0 Å². The van der Waals surface area contributed by atoms with Crippen molar-refractivity contribution in [3.8, 4) is 0 Å². The van der Waals surface area contributed by atoms with E-state index < -0.39 is 0 Å². The van der Waals surface area contributed by atoms with E-state index in [1.54, 1.807) is 0 Å². The van der Waals surface area contributed by atoms with Gasteiger partial charge in [-0.3, -0.25) is 0 Å². The smallest absolute Gasteiger partial charge is 0.0418 e. The zero-order valence-corrected chi connectivity index (χ0v) is 8.45. The lowest BCUT2D eigenvalue weighted by Crippen LogP contribution is -2.11. The van der Waals surface area contributed by atoms with Crippen molar-refractivity contribution in [2.45, 2.75) is 26.3 Å². The van der Waals surface area contributed by atoms with E-state index in [1.165, 1.54) is 22.7 Å². The van der Waals surface area contributed by atoms with Crippen LogP contribution in [-0.4, -0.2) is 6.54 Å². The maximum atomic E-state index is 3.55. The van der Waals surface area contributed by atoms with E-state index in [2.05, 4.69) is 31.3 Å². The van der Waals surface area contributed by atoms with Crippen molar-refractivity contribution in [1.29, 1.82) is 0 Å². The molecule has 2 rings (SSSR count). The SMILES string of the molecule is Cc1ccc(C2CC(C)CN2)s1. The van der Waals surface area contributed by atoms with Crippen molar-refractivity contribution in [2.75, 3.05) is 6.54 Å². The molecule has 1 aliphatic heterocycles. The number of nitrogens with one attached hydrogen (secondary N) is 1. The molecule has 0 aliphatic carbocycles. The molecule has 66 valence electrons. The maximum absolute atomic E-state index is 3.55. The summed E-state index contributed by atoms with van der Waals surface area (Å²) in [5.41, 5.74) is 0. The third-order valence-electron chi connectivity index (χ3n) is 2.46. The zero-order chi connectivity index (χ0) is 8.55. The Balaban J connectivity index is 2.11. The third-order valence-corrected chi connectivity index (χ3v) is 3.57. The Hall–Kier alpha value is -0.340. The van der Waals surface area contributed by atoms with Gasteiger partial charge < -0.3 is 5.32 Å². The number of aryl methyl sites for hydroxylation is 1. The number of rotatable bonds is 1. The molecule has 2 unspecified atom stereocenters. The van der Waals surface area contributed by atoms with Crippen LogP contribution >= 0.6 is 11.3 Å². The van der Waals surface area contributed by atoms with Crippen LogP contribution in [0.15, 0.2) is 12.1 Å². The molecule has 1 aliphatic rings. The van der Waals surface area contributed by atoms with Gasteiger partial charge in [0.1, 0.15) is 0 Å². The van der Waals surface area contributed by atoms with Crippen molar-refractivity contribution in [3.63, 3.8) is 0 Å². The van der Waals surface area contributed by atoms with E-state index in [-0.39, 0.29) is 0 Å². The summed E-state index contributed by atoms with van der Waals surface area (Å²) in [6.07, 6.45) is 1.31. The number of hydrogen-bond acceptors (Lipinski definition) is 2. The number of thiophene rings is 1. The van der Waals surface area contributed by atoms with Crippen LogP contribution in [0.5, 0.6) is 0 Å². The highest BCUT2D eigenvalue weighted by molar-refractivity contribution is 7.12. The lowest BCUT2D eigenvalue weighted by molar-refractivity contribution is 0.618. The van der Waals surface area contributed by atoms with Crippen molar-refractivity contribution < 1.29 is 0 Å². The fourth-order valence-corrected chi connectivity index (χ4v) is 2.74. The molecule has 2 heterocycles. The predicted octanol–water partition coefficient (Wildman–Crippen LogP) is 2.73. The van der Waals surface area contributed by atoms with Crippen LogP contribution < -0.4 is 5.32 Å². The van der Waals surface area contributed by atoms with Crippen LogP contribution in [0, 0.1) is 12.8 Å². The van der Waals surface area contributed by atoms with E-state index in [9.17, 15) is 0 Å². The summed E-state index contributed by atoms with van der Waals surface area (Å²) in [4.78, 5) is 2.93. The van der Waals surface area contributed by atoms with E-state index in [0.29, 0.717) is 6.04 Å². The number of hydrogen-bond donors (Lipinski definition) is 1. The standard InChI is InChI=1S/C10H15NS/c1-7-5-9(11-6-7)10-4-3-8(2)12-10/h3-4,7,9,11H,5-6H2,1-2H3. The summed E-state index contributed by atoms with van der Waals surface area (Å²) in [5.74, 6) is 0.845. The molecule has 0 radical (unpaired) electrons. The van der Waals surface area contributed by atoms with Crippen molar-refractivity contribution >= 4 is 11.3 Å². The van der Waals surface area contributed by atoms with Gasteiger partial charge in [0.05, 0.1) is 0 Å². The van der Waals surface area contributed by atoms with Gasteiger partial charge in [0.25, 0.3) is 0 Å². The summed E-state index contributed by atoms with van der Waals surface area (Å²) < 4.78 is 0. The molecule has 1 fully saturated rings. The molecular formula is C10H15NS. The average molecular weight is 181 g/mol. The van der Waals surface area contributed by atoms with Gasteiger partial charge in [-0.2, -0.15) is 0 Å². The predicted molar refractivity (Wildman–Crippen MR) is 53.6 cm³/mol. The Morgan fingerprint density at radius 1 is 1.50 bits per heavy atom. The van der Waals surface area contributed by atoms with Gasteiger partial charge in [-0.05, 0) is 37.9 Å². The Kier molecular flexibility index (Phi) is 2.20. The maximum Gasteiger partial charge on any atom is 0.0418 e. The second-order valence-corrected chi connectivity index (χ2v) is 5.07. The first-order chi connectivity index (χ1) is 5.75. The van der Waals surface area contributed by atoms with Gasteiger partial charge >= 0.3 is 0 Å². The van der Waals surface area contributed by atoms with Gasteiger partial charge in [0.15, 0.2) is 0 Å². The first kappa shape index (κ1) is 8.27. The molecule has 0 aromatic carbocycles. The van der Waals surface area contributed by atoms with E-state index in [1.807, 2.05) is 11.3 Å². The first-order valence-corrected chi connectivity index (χ1v) is 5.37. The van der Waals surface area contributed by atoms with E-state index >= 15 is 0 Å². The summed E-state index contributed by atoms with van der Waals surface area (Å²) in [7, 11) is 0. The lowest BCUT2D eigenvalue weighted by Gasteiger charge is -2.05. The molecule has 1 aromatic rings. The zero-order valence-electron chi connectivity index (χ0n) is 7.63. The molecule has 0 amide bonds. The van der Waals surface area contributed by atoms with Gasteiger partial charge in [-0.1, -0.05) is 6.92 Å². The van der Waals surface area contributed by atoms with Crippen molar-refractivity contribution in [3.05, 3.63) is 21.9 Å². The monoisotopic (exact) mass is 181 g/mol. The molecule has 1 saturated heterocycles. The minimum absolute atomic E-state index is 0.638. The molecule has 1 N–H and O–H groups in total. The van der Waals surface area contributed by atoms with Crippen LogP contribution in [0.1, 0.15) is 29.1 Å². The Bertz CT molecular complexity index is 267. The van der Waals surface area contributed by atoms with Crippen molar-refractivity contribution in [1.82, 2.24) is 5.32 Å². The van der Waals surface area contributed by atoms with Crippen LogP contribution in [0.25, 0.3) is 0 Å². The normalized spacial score (nSPS) is 29.5. The molecule has 1 aromatic heterocycles.